The Morgan fingerprint density at radius 1 is 0.972 bits per heavy atom. The van der Waals surface area contributed by atoms with E-state index in [2.05, 4.69) is 15.6 Å². The van der Waals surface area contributed by atoms with E-state index in [0.29, 0.717) is 18.7 Å². The van der Waals surface area contributed by atoms with E-state index in [9.17, 15) is 18.0 Å². The van der Waals surface area contributed by atoms with Crippen molar-refractivity contribution in [1.29, 1.82) is 0 Å². The molecule has 3 aromatic carbocycles. The van der Waals surface area contributed by atoms with Gasteiger partial charge in [0.05, 0.1) is 22.8 Å². The molecule has 1 aromatic heterocycles. The van der Waals surface area contributed by atoms with Crippen LogP contribution in [-0.4, -0.2) is 37.5 Å². The lowest BCUT2D eigenvalue weighted by atomic mass is 10.1. The lowest BCUT2D eigenvalue weighted by Crippen LogP contribution is -2.27. The zero-order chi connectivity index (χ0) is 25.5. The van der Waals surface area contributed by atoms with Gasteiger partial charge in [0.25, 0.3) is 0 Å². The SMILES string of the molecule is NS(=O)(=O)c1ccc(CCNC(=O)Cc2csc(SCC(=O)Nc3cccc4ccccc34)n2)cc1. The molecule has 0 spiro atoms. The topological polar surface area (TPSA) is 131 Å². The van der Waals surface area contributed by atoms with Crippen molar-refractivity contribution in [2.45, 2.75) is 22.1 Å². The molecule has 0 unspecified atom stereocenters. The number of nitrogens with zero attached hydrogens (tertiary/aromatic N) is 1. The van der Waals surface area contributed by atoms with Gasteiger partial charge in [-0.2, -0.15) is 0 Å². The van der Waals surface area contributed by atoms with Crippen molar-refractivity contribution in [1.82, 2.24) is 10.3 Å². The molecule has 186 valence electrons. The molecule has 0 saturated carbocycles. The molecular formula is C25H24N4O4S3. The number of fused-ring (bicyclic) bond motifs is 1. The molecule has 2 amide bonds. The molecular weight excluding hydrogens is 517 g/mol. The summed E-state index contributed by atoms with van der Waals surface area (Å²) in [6.45, 7) is 0.410. The van der Waals surface area contributed by atoms with Crippen LogP contribution in [0.15, 0.2) is 81.3 Å². The summed E-state index contributed by atoms with van der Waals surface area (Å²) in [5.74, 6) is -0.0678. The Balaban J connectivity index is 1.20. The molecule has 11 heteroatoms. The van der Waals surface area contributed by atoms with E-state index >= 15 is 0 Å². The number of hydrogen-bond donors (Lipinski definition) is 3. The molecule has 1 heterocycles. The van der Waals surface area contributed by atoms with Gasteiger partial charge >= 0.3 is 0 Å². The number of benzene rings is 3. The Morgan fingerprint density at radius 3 is 2.50 bits per heavy atom. The van der Waals surface area contributed by atoms with Crippen molar-refractivity contribution < 1.29 is 18.0 Å². The summed E-state index contributed by atoms with van der Waals surface area (Å²) >= 11 is 2.73. The van der Waals surface area contributed by atoms with Crippen LogP contribution in [0.25, 0.3) is 10.8 Å². The Labute approximate surface area is 217 Å². The predicted octanol–water partition coefficient (Wildman–Crippen LogP) is 3.58. The van der Waals surface area contributed by atoms with E-state index in [-0.39, 0.29) is 28.9 Å². The van der Waals surface area contributed by atoms with Gasteiger partial charge in [0.15, 0.2) is 4.34 Å². The number of primary sulfonamides is 1. The van der Waals surface area contributed by atoms with Gasteiger partial charge in [-0.3, -0.25) is 9.59 Å². The Bertz CT molecular complexity index is 1480. The zero-order valence-electron chi connectivity index (χ0n) is 19.1. The predicted molar refractivity (Wildman–Crippen MR) is 144 cm³/mol. The highest BCUT2D eigenvalue weighted by molar-refractivity contribution is 8.01. The summed E-state index contributed by atoms with van der Waals surface area (Å²) in [5, 5.41) is 14.8. The van der Waals surface area contributed by atoms with E-state index in [0.717, 1.165) is 26.4 Å². The number of sulfonamides is 1. The number of aromatic nitrogens is 1. The average molecular weight is 541 g/mol. The third-order valence-corrected chi connectivity index (χ3v) is 8.25. The molecule has 0 aliphatic rings. The normalized spacial score (nSPS) is 11.4. The van der Waals surface area contributed by atoms with E-state index in [4.69, 9.17) is 5.14 Å². The van der Waals surface area contributed by atoms with Crippen molar-refractivity contribution in [3.63, 3.8) is 0 Å². The summed E-state index contributed by atoms with van der Waals surface area (Å²) in [6.07, 6.45) is 0.699. The van der Waals surface area contributed by atoms with Gasteiger partial charge in [-0.05, 0) is 35.6 Å². The minimum Gasteiger partial charge on any atom is -0.355 e. The van der Waals surface area contributed by atoms with E-state index in [1.165, 1.54) is 35.2 Å². The van der Waals surface area contributed by atoms with Crippen molar-refractivity contribution in [2.75, 3.05) is 17.6 Å². The molecule has 4 rings (SSSR count). The Hall–Kier alpha value is -3.25. The fourth-order valence-electron chi connectivity index (χ4n) is 3.50. The van der Waals surface area contributed by atoms with Crippen LogP contribution in [0.5, 0.6) is 0 Å². The van der Waals surface area contributed by atoms with Gasteiger partial charge in [0, 0.05) is 23.0 Å². The summed E-state index contributed by atoms with van der Waals surface area (Å²) in [4.78, 5) is 29.2. The molecule has 8 nitrogen and oxygen atoms in total. The van der Waals surface area contributed by atoms with Crippen LogP contribution in [0.2, 0.25) is 0 Å². The minimum atomic E-state index is -3.72. The van der Waals surface area contributed by atoms with Crippen LogP contribution < -0.4 is 15.8 Å². The number of hydrogen-bond acceptors (Lipinski definition) is 7. The quantitative estimate of drug-likeness (QED) is 0.264. The lowest BCUT2D eigenvalue weighted by molar-refractivity contribution is -0.120. The monoisotopic (exact) mass is 540 g/mol. The van der Waals surface area contributed by atoms with E-state index in [1.807, 2.05) is 47.8 Å². The fraction of sp³-hybridized carbons (Fsp3) is 0.160. The number of rotatable bonds is 10. The maximum atomic E-state index is 12.5. The van der Waals surface area contributed by atoms with Gasteiger partial charge in [0.1, 0.15) is 0 Å². The van der Waals surface area contributed by atoms with Gasteiger partial charge in [-0.25, -0.2) is 18.5 Å². The van der Waals surface area contributed by atoms with E-state index < -0.39 is 10.0 Å². The molecule has 0 atom stereocenters. The Morgan fingerprint density at radius 2 is 1.72 bits per heavy atom. The number of amides is 2. The number of nitrogens with one attached hydrogen (secondary N) is 2. The second-order valence-electron chi connectivity index (χ2n) is 7.93. The minimum absolute atomic E-state index is 0.0542. The fourth-order valence-corrected chi connectivity index (χ4v) is 5.66. The second kappa shape index (κ2) is 11.7. The summed E-state index contributed by atoms with van der Waals surface area (Å²) < 4.78 is 23.3. The molecule has 0 radical (unpaired) electrons. The Kier molecular flexibility index (Phi) is 8.36. The molecule has 36 heavy (non-hydrogen) atoms. The standard InChI is InChI=1S/C25H24N4O4S3/c26-36(32,33)20-10-8-17(9-11-20)12-13-27-23(30)14-19-15-34-25(28-19)35-16-24(31)29-22-7-3-5-18-4-1-2-6-21(18)22/h1-11,15H,12-14,16H2,(H,27,30)(H,29,31)(H2,26,32,33). The van der Waals surface area contributed by atoms with Crippen molar-refractivity contribution in [2.24, 2.45) is 5.14 Å². The molecule has 0 aliphatic carbocycles. The highest BCUT2D eigenvalue weighted by Crippen LogP contribution is 2.25. The maximum absolute atomic E-state index is 12.5. The largest absolute Gasteiger partial charge is 0.355 e. The number of thiazole rings is 1. The number of nitrogens with two attached hydrogens (primary N) is 1. The third-order valence-electron chi connectivity index (χ3n) is 5.25. The first-order valence-corrected chi connectivity index (χ1v) is 14.4. The molecule has 0 bridgehead atoms. The number of thioether (sulfide) groups is 1. The zero-order valence-corrected chi connectivity index (χ0v) is 21.6. The summed E-state index contributed by atoms with van der Waals surface area (Å²) in [5.41, 5.74) is 2.30. The van der Waals surface area contributed by atoms with Crippen LogP contribution in [0.1, 0.15) is 11.3 Å². The first-order chi connectivity index (χ1) is 17.3. The van der Waals surface area contributed by atoms with Gasteiger partial charge in [-0.15, -0.1) is 11.3 Å². The van der Waals surface area contributed by atoms with Gasteiger partial charge in [-0.1, -0.05) is 60.3 Å². The highest BCUT2D eigenvalue weighted by Gasteiger charge is 2.11. The molecule has 0 aliphatic heterocycles. The average Bonchev–Trinajstić information content (AvgIpc) is 3.30. The first-order valence-electron chi connectivity index (χ1n) is 11.0. The molecule has 0 fully saturated rings. The van der Waals surface area contributed by atoms with Crippen molar-refractivity contribution in [3.05, 3.63) is 83.4 Å². The molecule has 4 N–H and O–H groups in total. The maximum Gasteiger partial charge on any atom is 0.238 e. The third kappa shape index (κ3) is 7.14. The van der Waals surface area contributed by atoms with Crippen LogP contribution in [0, 0.1) is 0 Å². The number of carbonyl (C=O) groups is 2. The smallest absolute Gasteiger partial charge is 0.238 e. The van der Waals surface area contributed by atoms with Crippen molar-refractivity contribution in [3.8, 4) is 0 Å². The number of anilines is 1. The van der Waals surface area contributed by atoms with Crippen LogP contribution in [-0.2, 0) is 32.5 Å². The van der Waals surface area contributed by atoms with E-state index in [1.54, 1.807) is 12.1 Å². The molecule has 4 aromatic rings. The first kappa shape index (κ1) is 25.8. The van der Waals surface area contributed by atoms with Crippen molar-refractivity contribution >= 4 is 61.4 Å². The number of carbonyl (C=O) groups excluding carboxylic acids is 2. The van der Waals surface area contributed by atoms with Gasteiger partial charge in [0.2, 0.25) is 21.8 Å². The molecule has 0 saturated heterocycles. The summed E-state index contributed by atoms with van der Waals surface area (Å²) in [7, 11) is -3.72. The van der Waals surface area contributed by atoms with Crippen LogP contribution in [0.4, 0.5) is 5.69 Å². The van der Waals surface area contributed by atoms with Crippen LogP contribution in [0.3, 0.4) is 0 Å². The highest BCUT2D eigenvalue weighted by atomic mass is 32.2. The summed E-state index contributed by atoms with van der Waals surface area (Å²) in [6, 6.07) is 19.9. The lowest BCUT2D eigenvalue weighted by Gasteiger charge is -2.08. The second-order valence-corrected chi connectivity index (χ2v) is 11.6. The van der Waals surface area contributed by atoms with Gasteiger partial charge < -0.3 is 10.6 Å². The van der Waals surface area contributed by atoms with Crippen LogP contribution >= 0.6 is 23.1 Å².